The largest absolute Gasteiger partial charge is 0.359 e. The SMILES string of the molecule is CC1(C)OC(C)(C)C2=C1SC(C1CC3C=CC1C3)C(C1CC3C=CC1C3)S2. The number of thioether (sulfide) groups is 2. The van der Waals surface area contributed by atoms with Gasteiger partial charge < -0.3 is 4.74 Å². The van der Waals surface area contributed by atoms with E-state index in [0.717, 1.165) is 46.0 Å². The van der Waals surface area contributed by atoms with Crippen LogP contribution in [0.4, 0.5) is 0 Å². The fourth-order valence-corrected chi connectivity index (χ4v) is 11.3. The number of fused-ring (bicyclic) bond motifs is 4. The van der Waals surface area contributed by atoms with Gasteiger partial charge in [0.05, 0.1) is 11.2 Å². The van der Waals surface area contributed by atoms with E-state index in [4.69, 9.17) is 4.74 Å². The second-order valence-electron chi connectivity index (χ2n) is 10.8. The first-order chi connectivity index (χ1) is 12.8. The van der Waals surface area contributed by atoms with Crippen molar-refractivity contribution in [2.45, 2.75) is 75.1 Å². The van der Waals surface area contributed by atoms with Crippen molar-refractivity contribution in [3.8, 4) is 0 Å². The van der Waals surface area contributed by atoms with Crippen molar-refractivity contribution in [2.75, 3.05) is 0 Å². The average Bonchev–Trinajstić information content (AvgIpc) is 3.40. The molecule has 6 rings (SSSR count). The molecule has 0 aromatic heterocycles. The predicted molar refractivity (Wildman–Crippen MR) is 117 cm³/mol. The van der Waals surface area contributed by atoms with E-state index in [9.17, 15) is 0 Å². The Balaban J connectivity index is 1.39. The molecule has 0 spiro atoms. The minimum absolute atomic E-state index is 0.123. The molecule has 4 aliphatic carbocycles. The lowest BCUT2D eigenvalue weighted by Crippen LogP contribution is -2.41. The van der Waals surface area contributed by atoms with E-state index in [1.54, 1.807) is 9.81 Å². The molecule has 3 heteroatoms. The molecule has 4 bridgehead atoms. The van der Waals surface area contributed by atoms with Crippen LogP contribution in [0.5, 0.6) is 0 Å². The molecule has 1 nitrogen and oxygen atoms in total. The third-order valence-corrected chi connectivity index (χ3v) is 12.1. The summed E-state index contributed by atoms with van der Waals surface area (Å²) in [6.45, 7) is 9.18. The summed E-state index contributed by atoms with van der Waals surface area (Å²) in [5, 5.41) is 1.53. The summed E-state index contributed by atoms with van der Waals surface area (Å²) in [6.07, 6.45) is 15.8. The maximum atomic E-state index is 6.59. The Kier molecular flexibility index (Phi) is 3.76. The standard InChI is InChI=1S/C24H32OS2/c1-23(2)21-22(24(3,4)25-23)27-20(18-12-14-6-8-16(18)10-14)19(26-21)17-11-13-5-7-15(17)9-13/h5-8,13-20H,9-12H2,1-4H3. The molecule has 0 radical (unpaired) electrons. The van der Waals surface area contributed by atoms with Crippen LogP contribution in [0.2, 0.25) is 0 Å². The van der Waals surface area contributed by atoms with E-state index in [0.29, 0.717) is 0 Å². The Hall–Kier alpha value is -0.120. The number of allylic oxidation sites excluding steroid dienone is 4. The van der Waals surface area contributed by atoms with Crippen molar-refractivity contribution in [3.63, 3.8) is 0 Å². The Morgan fingerprint density at radius 3 is 1.48 bits per heavy atom. The Morgan fingerprint density at radius 1 is 0.704 bits per heavy atom. The van der Waals surface area contributed by atoms with Crippen LogP contribution in [0.3, 0.4) is 0 Å². The molecule has 2 aliphatic heterocycles. The van der Waals surface area contributed by atoms with Gasteiger partial charge in [0.25, 0.3) is 0 Å². The van der Waals surface area contributed by atoms with Crippen molar-refractivity contribution < 1.29 is 4.74 Å². The normalized spacial score (nSPS) is 50.8. The second-order valence-corrected chi connectivity index (χ2v) is 13.2. The van der Waals surface area contributed by atoms with Gasteiger partial charge in [0, 0.05) is 20.3 Å². The van der Waals surface area contributed by atoms with Crippen LogP contribution >= 0.6 is 23.5 Å². The molecule has 27 heavy (non-hydrogen) atoms. The monoisotopic (exact) mass is 400 g/mol. The summed E-state index contributed by atoms with van der Waals surface area (Å²) in [5.74, 6) is 5.16. The minimum Gasteiger partial charge on any atom is -0.359 e. The van der Waals surface area contributed by atoms with Crippen molar-refractivity contribution in [1.82, 2.24) is 0 Å². The molecular weight excluding hydrogens is 368 g/mol. The molecule has 0 N–H and O–H groups in total. The van der Waals surface area contributed by atoms with Gasteiger partial charge in [-0.2, -0.15) is 0 Å². The van der Waals surface area contributed by atoms with Gasteiger partial charge in [-0.25, -0.2) is 0 Å². The second kappa shape index (κ2) is 5.73. The van der Waals surface area contributed by atoms with E-state index >= 15 is 0 Å². The zero-order valence-corrected chi connectivity index (χ0v) is 18.6. The van der Waals surface area contributed by atoms with Crippen LogP contribution in [0, 0.1) is 35.5 Å². The third kappa shape index (κ3) is 2.56. The van der Waals surface area contributed by atoms with E-state index in [2.05, 4.69) is 75.5 Å². The molecule has 2 saturated carbocycles. The molecule has 0 aromatic carbocycles. The number of hydrogen-bond acceptors (Lipinski definition) is 3. The fraction of sp³-hybridized carbons (Fsp3) is 0.750. The van der Waals surface area contributed by atoms with Crippen LogP contribution in [0.15, 0.2) is 34.1 Å². The highest BCUT2D eigenvalue weighted by Gasteiger charge is 2.56. The summed E-state index contributed by atoms with van der Waals surface area (Å²) in [4.78, 5) is 3.12. The number of hydrogen-bond donors (Lipinski definition) is 0. The van der Waals surface area contributed by atoms with Crippen molar-refractivity contribution >= 4 is 23.5 Å². The van der Waals surface area contributed by atoms with E-state index < -0.39 is 0 Å². The van der Waals surface area contributed by atoms with Crippen LogP contribution < -0.4 is 0 Å². The summed E-state index contributed by atoms with van der Waals surface area (Å²) in [6, 6.07) is 0. The van der Waals surface area contributed by atoms with Crippen LogP contribution in [-0.2, 0) is 4.74 Å². The number of rotatable bonds is 2. The zero-order chi connectivity index (χ0) is 18.6. The first-order valence-electron chi connectivity index (χ1n) is 11.0. The predicted octanol–water partition coefficient (Wildman–Crippen LogP) is 6.43. The lowest BCUT2D eigenvalue weighted by atomic mass is 9.81. The highest BCUT2D eigenvalue weighted by molar-refractivity contribution is 8.11. The molecule has 2 fully saturated rings. The van der Waals surface area contributed by atoms with E-state index in [1.165, 1.54) is 25.7 Å². The molecule has 8 unspecified atom stereocenters. The average molecular weight is 401 g/mol. The van der Waals surface area contributed by atoms with Gasteiger partial charge >= 0.3 is 0 Å². The first kappa shape index (κ1) is 17.7. The lowest BCUT2D eigenvalue weighted by molar-refractivity contribution is -0.0508. The van der Waals surface area contributed by atoms with Crippen molar-refractivity contribution in [2.24, 2.45) is 35.5 Å². The highest BCUT2D eigenvalue weighted by atomic mass is 32.2. The summed E-state index contributed by atoms with van der Waals surface area (Å²) >= 11 is 4.49. The third-order valence-electron chi connectivity index (χ3n) is 8.15. The Labute approximate surface area is 172 Å². The summed E-state index contributed by atoms with van der Waals surface area (Å²) < 4.78 is 6.59. The van der Waals surface area contributed by atoms with E-state index in [-0.39, 0.29) is 11.2 Å². The van der Waals surface area contributed by atoms with Crippen LogP contribution in [0.25, 0.3) is 0 Å². The van der Waals surface area contributed by atoms with Gasteiger partial charge in [-0.05, 0) is 88.9 Å². The lowest BCUT2D eigenvalue weighted by Gasteiger charge is -2.43. The maximum absolute atomic E-state index is 6.59. The topological polar surface area (TPSA) is 9.23 Å². The first-order valence-corrected chi connectivity index (χ1v) is 12.7. The van der Waals surface area contributed by atoms with Gasteiger partial charge in [-0.3, -0.25) is 0 Å². The van der Waals surface area contributed by atoms with E-state index in [1.807, 2.05) is 0 Å². The molecule has 0 aromatic rings. The van der Waals surface area contributed by atoms with Crippen molar-refractivity contribution in [1.29, 1.82) is 0 Å². The Morgan fingerprint density at radius 2 is 1.15 bits per heavy atom. The van der Waals surface area contributed by atoms with Gasteiger partial charge in [-0.1, -0.05) is 24.3 Å². The fourth-order valence-electron chi connectivity index (χ4n) is 7.14. The summed E-state index contributed by atoms with van der Waals surface area (Å²) in [5.41, 5.74) is -0.247. The molecule has 2 heterocycles. The molecular formula is C24H32OS2. The smallest absolute Gasteiger partial charge is 0.0954 e. The van der Waals surface area contributed by atoms with Crippen LogP contribution in [0.1, 0.15) is 53.4 Å². The zero-order valence-electron chi connectivity index (χ0n) is 17.0. The summed E-state index contributed by atoms with van der Waals surface area (Å²) in [7, 11) is 0. The van der Waals surface area contributed by atoms with Crippen LogP contribution in [-0.4, -0.2) is 21.7 Å². The molecule has 146 valence electrons. The van der Waals surface area contributed by atoms with Gasteiger partial charge in [-0.15, -0.1) is 23.5 Å². The minimum atomic E-state index is -0.123. The molecule has 6 aliphatic rings. The highest BCUT2D eigenvalue weighted by Crippen LogP contribution is 2.65. The van der Waals surface area contributed by atoms with Crippen molar-refractivity contribution in [3.05, 3.63) is 34.1 Å². The molecule has 8 atom stereocenters. The van der Waals surface area contributed by atoms with Gasteiger partial charge in [0.1, 0.15) is 0 Å². The van der Waals surface area contributed by atoms with Gasteiger partial charge in [0.15, 0.2) is 0 Å². The van der Waals surface area contributed by atoms with Gasteiger partial charge in [0.2, 0.25) is 0 Å². The number of ether oxygens (including phenoxy) is 1. The maximum Gasteiger partial charge on any atom is 0.0954 e. The quantitative estimate of drug-likeness (QED) is 0.495. The molecule has 0 saturated heterocycles. The molecule has 0 amide bonds. The Bertz CT molecular complexity index is 698.